The van der Waals surface area contributed by atoms with Crippen LogP contribution >= 0.6 is 15.9 Å². The van der Waals surface area contributed by atoms with E-state index in [9.17, 15) is 9.90 Å². The number of halogens is 1. The number of para-hydroxylation sites is 1. The van der Waals surface area contributed by atoms with Crippen molar-refractivity contribution in [1.82, 2.24) is 20.2 Å². The fraction of sp³-hybridized carbons (Fsp3) is 0.0714. The number of nitrogens with one attached hydrogen (secondary N) is 1. The number of benzene rings is 2. The molecule has 0 saturated heterocycles. The zero-order valence-corrected chi connectivity index (χ0v) is 12.8. The number of phenols is 1. The minimum Gasteiger partial charge on any atom is -0.508 e. The van der Waals surface area contributed by atoms with Gasteiger partial charge in [0.1, 0.15) is 18.1 Å². The smallest absolute Gasteiger partial charge is 0.365 e. The van der Waals surface area contributed by atoms with Gasteiger partial charge in [-0.05, 0) is 50.6 Å². The summed E-state index contributed by atoms with van der Waals surface area (Å²) in [4.78, 5) is 11.6. The van der Waals surface area contributed by atoms with Gasteiger partial charge in [-0.3, -0.25) is 0 Å². The van der Waals surface area contributed by atoms with Gasteiger partial charge in [0.25, 0.3) is 0 Å². The number of tetrazole rings is 1. The van der Waals surface area contributed by atoms with Crippen molar-refractivity contribution >= 4 is 15.9 Å². The largest absolute Gasteiger partial charge is 0.508 e. The Hall–Kier alpha value is -2.61. The molecule has 7 nitrogen and oxygen atoms in total. The van der Waals surface area contributed by atoms with Crippen LogP contribution in [0.15, 0.2) is 51.7 Å². The van der Waals surface area contributed by atoms with Crippen molar-refractivity contribution in [3.05, 3.63) is 63.0 Å². The van der Waals surface area contributed by atoms with Crippen molar-refractivity contribution in [2.45, 2.75) is 6.61 Å². The first-order valence-corrected chi connectivity index (χ1v) is 7.14. The van der Waals surface area contributed by atoms with Gasteiger partial charge in [-0.25, -0.2) is 9.89 Å². The molecule has 2 aromatic carbocycles. The molecule has 0 aliphatic carbocycles. The highest BCUT2D eigenvalue weighted by atomic mass is 79.9. The standard InChI is InChI=1S/C14H11BrN4O3/c15-11-7-10(20)5-6-13(11)22-8-9-3-1-2-4-12(9)19-14(21)16-17-18-19/h1-7,20H,8H2,(H,16,18,21). The number of aromatic nitrogens is 4. The molecule has 1 aromatic heterocycles. The lowest BCUT2D eigenvalue weighted by atomic mass is 10.2. The van der Waals surface area contributed by atoms with Crippen LogP contribution in [-0.4, -0.2) is 25.3 Å². The van der Waals surface area contributed by atoms with E-state index in [0.717, 1.165) is 5.56 Å². The molecule has 3 rings (SSSR count). The van der Waals surface area contributed by atoms with E-state index >= 15 is 0 Å². The van der Waals surface area contributed by atoms with Crippen molar-refractivity contribution < 1.29 is 9.84 Å². The van der Waals surface area contributed by atoms with E-state index in [2.05, 4.69) is 31.5 Å². The molecule has 0 atom stereocenters. The Labute approximate surface area is 133 Å². The number of rotatable bonds is 4. The maximum Gasteiger partial charge on any atom is 0.365 e. The first-order valence-electron chi connectivity index (χ1n) is 6.35. The first kappa shape index (κ1) is 14.3. The second-order valence-corrected chi connectivity index (χ2v) is 5.30. The predicted molar refractivity (Wildman–Crippen MR) is 82.1 cm³/mol. The number of nitrogens with zero attached hydrogens (tertiary/aromatic N) is 3. The Balaban J connectivity index is 1.87. The Morgan fingerprint density at radius 1 is 1.27 bits per heavy atom. The SMILES string of the molecule is O=c1[nH]nnn1-c1ccccc1COc1ccc(O)cc1Br. The van der Waals surface area contributed by atoms with Crippen LogP contribution < -0.4 is 10.4 Å². The van der Waals surface area contributed by atoms with E-state index in [4.69, 9.17) is 4.74 Å². The van der Waals surface area contributed by atoms with Gasteiger partial charge in [-0.1, -0.05) is 18.2 Å². The molecule has 112 valence electrons. The number of hydrogen-bond donors (Lipinski definition) is 2. The topological polar surface area (TPSA) is 93.0 Å². The highest BCUT2D eigenvalue weighted by molar-refractivity contribution is 9.10. The van der Waals surface area contributed by atoms with Gasteiger partial charge in [-0.2, -0.15) is 4.68 Å². The number of H-pyrrole nitrogens is 1. The number of ether oxygens (including phenoxy) is 1. The third kappa shape index (κ3) is 2.86. The number of aromatic amines is 1. The molecule has 0 fully saturated rings. The highest BCUT2D eigenvalue weighted by Crippen LogP contribution is 2.29. The molecule has 0 unspecified atom stereocenters. The third-order valence-electron chi connectivity index (χ3n) is 2.99. The van der Waals surface area contributed by atoms with Gasteiger partial charge < -0.3 is 9.84 Å². The molecule has 0 radical (unpaired) electrons. The molecule has 22 heavy (non-hydrogen) atoms. The molecule has 1 heterocycles. The van der Waals surface area contributed by atoms with Gasteiger partial charge in [0.2, 0.25) is 0 Å². The zero-order chi connectivity index (χ0) is 15.5. The minimum atomic E-state index is -0.418. The summed E-state index contributed by atoms with van der Waals surface area (Å²) in [6.07, 6.45) is 0. The normalized spacial score (nSPS) is 10.6. The lowest BCUT2D eigenvalue weighted by Gasteiger charge is -2.11. The van der Waals surface area contributed by atoms with Crippen LogP contribution in [-0.2, 0) is 6.61 Å². The van der Waals surface area contributed by atoms with E-state index in [0.29, 0.717) is 15.9 Å². The quantitative estimate of drug-likeness (QED) is 0.740. The number of aromatic hydroxyl groups is 1. The summed E-state index contributed by atoms with van der Waals surface area (Å²) >= 11 is 3.32. The molecule has 0 spiro atoms. The van der Waals surface area contributed by atoms with Gasteiger partial charge in [-0.15, -0.1) is 0 Å². The summed E-state index contributed by atoms with van der Waals surface area (Å²) in [5, 5.41) is 18.8. The molecule has 0 saturated carbocycles. The second-order valence-electron chi connectivity index (χ2n) is 4.45. The van der Waals surface area contributed by atoms with Crippen LogP contribution in [0.1, 0.15) is 5.56 Å². The summed E-state index contributed by atoms with van der Waals surface area (Å²) in [7, 11) is 0. The van der Waals surface area contributed by atoms with Crippen LogP contribution in [0.5, 0.6) is 11.5 Å². The fourth-order valence-corrected chi connectivity index (χ4v) is 2.44. The summed E-state index contributed by atoms with van der Waals surface area (Å²) in [5.74, 6) is 0.730. The molecule has 8 heteroatoms. The van der Waals surface area contributed by atoms with E-state index in [-0.39, 0.29) is 12.4 Å². The van der Waals surface area contributed by atoms with E-state index in [1.165, 1.54) is 10.7 Å². The Bertz CT molecular complexity index is 859. The highest BCUT2D eigenvalue weighted by Gasteiger charge is 2.10. The van der Waals surface area contributed by atoms with Crippen LogP contribution in [0.3, 0.4) is 0 Å². The minimum absolute atomic E-state index is 0.147. The molecule has 0 aliphatic heterocycles. The van der Waals surface area contributed by atoms with Crippen molar-refractivity contribution in [3.8, 4) is 17.2 Å². The van der Waals surface area contributed by atoms with Crippen LogP contribution in [0.4, 0.5) is 0 Å². The maximum absolute atomic E-state index is 11.6. The molecular formula is C14H11BrN4O3. The van der Waals surface area contributed by atoms with E-state index in [1.807, 2.05) is 12.1 Å². The Morgan fingerprint density at radius 2 is 2.09 bits per heavy atom. The molecule has 0 amide bonds. The number of hydrogen-bond acceptors (Lipinski definition) is 5. The summed E-state index contributed by atoms with van der Waals surface area (Å²) in [6.45, 7) is 0.235. The van der Waals surface area contributed by atoms with Gasteiger partial charge in [0.15, 0.2) is 0 Å². The van der Waals surface area contributed by atoms with Crippen LogP contribution in [0.25, 0.3) is 5.69 Å². The molecule has 2 N–H and O–H groups in total. The first-order chi connectivity index (χ1) is 10.6. The Kier molecular flexibility index (Phi) is 3.92. The lowest BCUT2D eigenvalue weighted by molar-refractivity contribution is 0.303. The Morgan fingerprint density at radius 3 is 2.82 bits per heavy atom. The molecular weight excluding hydrogens is 352 g/mol. The van der Waals surface area contributed by atoms with Crippen LogP contribution in [0, 0.1) is 0 Å². The summed E-state index contributed by atoms with van der Waals surface area (Å²) in [5.41, 5.74) is 0.952. The van der Waals surface area contributed by atoms with Crippen molar-refractivity contribution in [2.24, 2.45) is 0 Å². The molecule has 3 aromatic rings. The average molecular weight is 363 g/mol. The zero-order valence-electron chi connectivity index (χ0n) is 11.2. The van der Waals surface area contributed by atoms with Crippen molar-refractivity contribution in [3.63, 3.8) is 0 Å². The van der Waals surface area contributed by atoms with E-state index < -0.39 is 5.69 Å². The second kappa shape index (κ2) is 6.02. The van der Waals surface area contributed by atoms with E-state index in [1.54, 1.807) is 24.3 Å². The molecule has 0 aliphatic rings. The van der Waals surface area contributed by atoms with Gasteiger partial charge >= 0.3 is 5.69 Å². The molecule has 0 bridgehead atoms. The third-order valence-corrected chi connectivity index (χ3v) is 3.61. The fourth-order valence-electron chi connectivity index (χ4n) is 1.96. The average Bonchev–Trinajstić information content (AvgIpc) is 2.93. The van der Waals surface area contributed by atoms with Crippen molar-refractivity contribution in [1.29, 1.82) is 0 Å². The maximum atomic E-state index is 11.6. The lowest BCUT2D eigenvalue weighted by Crippen LogP contribution is -2.18. The summed E-state index contributed by atoms with van der Waals surface area (Å²) in [6, 6.07) is 12.0. The monoisotopic (exact) mass is 362 g/mol. The number of phenolic OH excluding ortho intramolecular Hbond substituents is 1. The van der Waals surface area contributed by atoms with Gasteiger partial charge in [0, 0.05) is 5.56 Å². The van der Waals surface area contributed by atoms with Gasteiger partial charge in [0.05, 0.1) is 10.2 Å². The van der Waals surface area contributed by atoms with Crippen molar-refractivity contribution in [2.75, 3.05) is 0 Å². The summed E-state index contributed by atoms with van der Waals surface area (Å²) < 4.78 is 7.54. The predicted octanol–water partition coefficient (Wildman–Crippen LogP) is 2.00. The van der Waals surface area contributed by atoms with Crippen LogP contribution in [0.2, 0.25) is 0 Å².